The largest absolute Gasteiger partial charge is 0.486 e. The molecule has 0 radical (unpaired) electrons. The van der Waals surface area contributed by atoms with Gasteiger partial charge in [0.05, 0.1) is 5.75 Å². The maximum atomic E-state index is 11.3. The topological polar surface area (TPSA) is 85.0 Å². The zero-order valence-electron chi connectivity index (χ0n) is 18.5. The van der Waals surface area contributed by atoms with E-state index < -0.39 is 15.6 Å². The highest BCUT2D eigenvalue weighted by atomic mass is 35.5. The number of aliphatic imine (C=N–C) groups is 1. The third-order valence-electron chi connectivity index (χ3n) is 5.81. The second-order valence-corrected chi connectivity index (χ2v) is 10.4. The Morgan fingerprint density at radius 1 is 1.06 bits per heavy atom. The fourth-order valence-electron chi connectivity index (χ4n) is 4.08. The summed E-state index contributed by atoms with van der Waals surface area (Å²) < 4.78 is 28.6. The summed E-state index contributed by atoms with van der Waals surface area (Å²) in [5, 5.41) is 5.80. The number of fused-ring (bicyclic) bond motifs is 1. The minimum Gasteiger partial charge on any atom is -0.486 e. The summed E-state index contributed by atoms with van der Waals surface area (Å²) in [6.45, 7) is 3.08. The number of rotatable bonds is 6. The van der Waals surface area contributed by atoms with Crippen LogP contribution in [0.4, 0.5) is 0 Å². The van der Waals surface area contributed by atoms with Crippen molar-refractivity contribution in [1.29, 1.82) is 0 Å². The smallest absolute Gasteiger partial charge is 0.213 e. The zero-order valence-corrected chi connectivity index (χ0v) is 20.1. The third kappa shape index (κ3) is 5.38. The molecule has 2 N–H and O–H groups in total. The minimum absolute atomic E-state index is 0.208. The lowest BCUT2D eigenvalue weighted by Gasteiger charge is -2.28. The lowest BCUT2D eigenvalue weighted by molar-refractivity contribution is 0.347. The number of hydrogen-bond donors (Lipinski definition) is 1. The molecule has 172 valence electrons. The number of benzene rings is 3. The average molecular weight is 484 g/mol. The van der Waals surface area contributed by atoms with Crippen molar-refractivity contribution in [2.75, 3.05) is 13.7 Å². The summed E-state index contributed by atoms with van der Waals surface area (Å²) in [5.41, 5.74) is 3.38. The van der Waals surface area contributed by atoms with Crippen LogP contribution in [0.2, 0.25) is 5.02 Å². The molecule has 8 heteroatoms. The van der Waals surface area contributed by atoms with Crippen molar-refractivity contribution in [1.82, 2.24) is 4.90 Å². The summed E-state index contributed by atoms with van der Waals surface area (Å²) in [4.78, 5) is 7.28. The maximum Gasteiger partial charge on any atom is 0.213 e. The minimum atomic E-state index is -3.57. The van der Waals surface area contributed by atoms with E-state index in [4.69, 9.17) is 26.5 Å². The molecule has 0 spiro atoms. The van der Waals surface area contributed by atoms with Gasteiger partial charge in [0, 0.05) is 18.6 Å². The van der Waals surface area contributed by atoms with E-state index >= 15 is 0 Å². The molecule has 1 aliphatic rings. The van der Waals surface area contributed by atoms with Crippen molar-refractivity contribution < 1.29 is 13.2 Å². The molecule has 3 aromatic rings. The van der Waals surface area contributed by atoms with E-state index in [2.05, 4.69) is 24.0 Å². The predicted molar refractivity (Wildman–Crippen MR) is 132 cm³/mol. The fourth-order valence-corrected chi connectivity index (χ4v) is 4.87. The van der Waals surface area contributed by atoms with Gasteiger partial charge < -0.3 is 9.64 Å². The second kappa shape index (κ2) is 9.17. The van der Waals surface area contributed by atoms with Crippen molar-refractivity contribution in [3.63, 3.8) is 0 Å². The number of hydrogen-bond acceptors (Lipinski definition) is 5. The summed E-state index contributed by atoms with van der Waals surface area (Å²) in [6.07, 6.45) is 0. The number of likely N-dealkylation sites (N-methyl/N-ethyl adjacent to an activating group) is 1. The SMILES string of the molecule is CN1Cc2ccccc2C(C)(c2ccc(Cl)cc2)N=C1COc1ccc(CS(N)(=O)=O)cc1. The van der Waals surface area contributed by atoms with E-state index in [1.807, 2.05) is 43.4 Å². The van der Waals surface area contributed by atoms with Crippen LogP contribution in [0.25, 0.3) is 0 Å². The second-order valence-electron chi connectivity index (χ2n) is 8.36. The number of nitrogens with two attached hydrogens (primary N) is 1. The molecule has 0 saturated carbocycles. The molecule has 0 saturated heterocycles. The van der Waals surface area contributed by atoms with Gasteiger partial charge in [-0.05, 0) is 53.4 Å². The van der Waals surface area contributed by atoms with Crippen LogP contribution in [0.15, 0.2) is 77.8 Å². The molecule has 1 aliphatic heterocycles. The van der Waals surface area contributed by atoms with Gasteiger partial charge in [0.1, 0.15) is 23.7 Å². The van der Waals surface area contributed by atoms with Gasteiger partial charge in [0.25, 0.3) is 0 Å². The van der Waals surface area contributed by atoms with Crippen LogP contribution in [-0.2, 0) is 27.9 Å². The van der Waals surface area contributed by atoms with Gasteiger partial charge in [-0.25, -0.2) is 13.6 Å². The van der Waals surface area contributed by atoms with Gasteiger partial charge in [-0.2, -0.15) is 0 Å². The van der Waals surface area contributed by atoms with Crippen molar-refractivity contribution in [3.8, 4) is 5.75 Å². The fraction of sp³-hybridized carbons (Fsp3) is 0.240. The van der Waals surface area contributed by atoms with Crippen molar-refractivity contribution in [2.24, 2.45) is 10.1 Å². The summed E-state index contributed by atoms with van der Waals surface area (Å²) in [6, 6.07) is 23.0. The van der Waals surface area contributed by atoms with Gasteiger partial charge in [-0.1, -0.05) is 60.1 Å². The lowest BCUT2D eigenvalue weighted by Crippen LogP contribution is -2.32. The monoisotopic (exact) mass is 483 g/mol. The van der Waals surface area contributed by atoms with Crippen LogP contribution >= 0.6 is 11.6 Å². The molecule has 3 aromatic carbocycles. The van der Waals surface area contributed by atoms with Crippen LogP contribution in [0, 0.1) is 0 Å². The Balaban J connectivity index is 1.64. The quantitative estimate of drug-likeness (QED) is 0.566. The normalized spacial score (nSPS) is 18.3. The van der Waals surface area contributed by atoms with Gasteiger partial charge in [-0.3, -0.25) is 4.99 Å². The highest BCUT2D eigenvalue weighted by molar-refractivity contribution is 7.88. The molecular weight excluding hydrogens is 458 g/mol. The molecule has 1 atom stereocenters. The Labute approximate surface area is 199 Å². The number of nitrogens with zero attached hydrogens (tertiary/aromatic N) is 2. The van der Waals surface area contributed by atoms with Crippen LogP contribution in [0.1, 0.15) is 29.2 Å². The highest BCUT2D eigenvalue weighted by Gasteiger charge is 2.34. The molecule has 4 rings (SSSR count). The molecule has 33 heavy (non-hydrogen) atoms. The van der Waals surface area contributed by atoms with Gasteiger partial charge in [-0.15, -0.1) is 0 Å². The summed E-state index contributed by atoms with van der Waals surface area (Å²) in [5.74, 6) is 1.22. The van der Waals surface area contributed by atoms with Gasteiger partial charge in [0.2, 0.25) is 10.0 Å². The van der Waals surface area contributed by atoms with Crippen molar-refractivity contribution >= 4 is 27.5 Å². The predicted octanol–water partition coefficient (Wildman–Crippen LogP) is 4.31. The zero-order chi connectivity index (χ0) is 23.6. The number of primary sulfonamides is 1. The first-order chi connectivity index (χ1) is 15.6. The number of sulfonamides is 1. The molecule has 0 bridgehead atoms. The molecule has 1 unspecified atom stereocenters. The Morgan fingerprint density at radius 3 is 2.39 bits per heavy atom. The van der Waals surface area contributed by atoms with Crippen LogP contribution in [0.3, 0.4) is 0 Å². The first kappa shape index (κ1) is 23.3. The standard InChI is InChI=1S/C25H26ClN3O3S/c1-25(20-9-11-21(26)12-10-20)23-6-4-3-5-19(23)15-29(2)24(28-25)16-32-22-13-7-18(8-14-22)17-33(27,30)31/h3-14H,15-17H2,1-2H3,(H2,27,30,31). The first-order valence-electron chi connectivity index (χ1n) is 10.5. The number of halogens is 1. The Bertz CT molecular complexity index is 1280. The Kier molecular flexibility index (Phi) is 6.47. The van der Waals surface area contributed by atoms with E-state index in [0.717, 1.165) is 17.0 Å². The molecular formula is C25H26ClN3O3S. The van der Waals surface area contributed by atoms with Crippen LogP contribution in [-0.4, -0.2) is 32.8 Å². The molecule has 6 nitrogen and oxygen atoms in total. The van der Waals surface area contributed by atoms with E-state index in [0.29, 0.717) is 22.9 Å². The van der Waals surface area contributed by atoms with E-state index in [9.17, 15) is 8.42 Å². The third-order valence-corrected chi connectivity index (χ3v) is 6.80. The highest BCUT2D eigenvalue weighted by Crippen LogP contribution is 2.38. The van der Waals surface area contributed by atoms with Crippen LogP contribution < -0.4 is 9.88 Å². The number of amidine groups is 1. The van der Waals surface area contributed by atoms with Crippen LogP contribution in [0.5, 0.6) is 5.75 Å². The molecule has 0 fully saturated rings. The van der Waals surface area contributed by atoms with Crippen molar-refractivity contribution in [2.45, 2.75) is 24.8 Å². The van der Waals surface area contributed by atoms with Gasteiger partial charge >= 0.3 is 0 Å². The Morgan fingerprint density at radius 2 is 1.73 bits per heavy atom. The average Bonchev–Trinajstić information content (AvgIpc) is 2.87. The van der Waals surface area contributed by atoms with E-state index in [-0.39, 0.29) is 12.4 Å². The number of ether oxygens (including phenoxy) is 1. The Hall–Kier alpha value is -2.87. The molecule has 0 amide bonds. The molecule has 1 heterocycles. The molecule has 0 aliphatic carbocycles. The van der Waals surface area contributed by atoms with Crippen molar-refractivity contribution in [3.05, 3.63) is 100 Å². The summed E-state index contributed by atoms with van der Waals surface area (Å²) >= 11 is 6.14. The van der Waals surface area contributed by atoms with Gasteiger partial charge in [0.15, 0.2) is 0 Å². The molecule has 0 aromatic heterocycles. The lowest BCUT2D eigenvalue weighted by atomic mass is 9.83. The first-order valence-corrected chi connectivity index (χ1v) is 12.6. The maximum absolute atomic E-state index is 11.3. The van der Waals surface area contributed by atoms with E-state index in [1.165, 1.54) is 5.56 Å². The van der Waals surface area contributed by atoms with E-state index in [1.54, 1.807) is 24.3 Å². The summed E-state index contributed by atoms with van der Waals surface area (Å²) in [7, 11) is -1.57.